The second-order valence-electron chi connectivity index (χ2n) is 5.48. The molecule has 0 radical (unpaired) electrons. The fraction of sp³-hybridized carbons (Fsp3) is 0.600. The Balaban J connectivity index is 1.69. The quantitative estimate of drug-likeness (QED) is 0.807. The molecule has 1 heteroatoms. The van der Waals surface area contributed by atoms with Crippen LogP contribution in [0.4, 0.5) is 5.69 Å². The standard InChI is InChI=1S/C15H21N/c1-2-11-4-3-5-14(9-11)16-15-10-12-6-7-13(15)8-12/h3-5,9,12-13,15-16H,2,6-8,10H2,1H3/t12-,13+,15+/m0/s1. The Morgan fingerprint density at radius 2 is 2.19 bits per heavy atom. The second-order valence-corrected chi connectivity index (χ2v) is 5.48. The van der Waals surface area contributed by atoms with Gasteiger partial charge in [-0.05, 0) is 55.2 Å². The second kappa shape index (κ2) is 4.12. The minimum absolute atomic E-state index is 0.755. The van der Waals surface area contributed by atoms with Crippen LogP contribution < -0.4 is 5.32 Å². The van der Waals surface area contributed by atoms with Gasteiger partial charge < -0.3 is 5.32 Å². The van der Waals surface area contributed by atoms with Crippen LogP contribution in [-0.2, 0) is 6.42 Å². The molecule has 2 aliphatic rings. The Bertz CT molecular complexity index is 371. The van der Waals surface area contributed by atoms with E-state index in [0.717, 1.165) is 24.3 Å². The zero-order valence-corrected chi connectivity index (χ0v) is 10.1. The van der Waals surface area contributed by atoms with Crippen LogP contribution in [0.15, 0.2) is 24.3 Å². The third-order valence-electron chi connectivity index (χ3n) is 4.43. The van der Waals surface area contributed by atoms with Gasteiger partial charge in [-0.25, -0.2) is 0 Å². The van der Waals surface area contributed by atoms with E-state index in [4.69, 9.17) is 0 Å². The first-order chi connectivity index (χ1) is 7.85. The maximum Gasteiger partial charge on any atom is 0.0345 e. The fourth-order valence-corrected chi connectivity index (χ4v) is 3.52. The Morgan fingerprint density at radius 3 is 2.88 bits per heavy atom. The molecular weight excluding hydrogens is 194 g/mol. The van der Waals surface area contributed by atoms with Gasteiger partial charge in [0.05, 0.1) is 0 Å². The molecule has 1 aromatic carbocycles. The highest BCUT2D eigenvalue weighted by Gasteiger charge is 2.39. The van der Waals surface area contributed by atoms with Crippen LogP contribution in [0.25, 0.3) is 0 Å². The molecule has 2 bridgehead atoms. The van der Waals surface area contributed by atoms with E-state index < -0.39 is 0 Å². The van der Waals surface area contributed by atoms with Crippen molar-refractivity contribution in [1.29, 1.82) is 0 Å². The van der Waals surface area contributed by atoms with E-state index >= 15 is 0 Å². The Hall–Kier alpha value is -0.980. The molecular formula is C15H21N. The van der Waals surface area contributed by atoms with Crippen molar-refractivity contribution in [2.24, 2.45) is 11.8 Å². The number of rotatable bonds is 3. The molecule has 3 rings (SSSR count). The van der Waals surface area contributed by atoms with E-state index in [2.05, 4.69) is 36.5 Å². The summed E-state index contributed by atoms with van der Waals surface area (Å²) in [5.74, 6) is 1.98. The van der Waals surface area contributed by atoms with E-state index in [1.165, 1.54) is 36.9 Å². The first-order valence-electron chi connectivity index (χ1n) is 6.70. The van der Waals surface area contributed by atoms with Crippen molar-refractivity contribution in [2.45, 2.75) is 45.1 Å². The smallest absolute Gasteiger partial charge is 0.0345 e. The van der Waals surface area contributed by atoms with Gasteiger partial charge in [0.25, 0.3) is 0 Å². The molecule has 2 fully saturated rings. The molecule has 2 aliphatic carbocycles. The Kier molecular flexibility index (Phi) is 2.62. The number of anilines is 1. The molecule has 1 aromatic rings. The van der Waals surface area contributed by atoms with Gasteiger partial charge in [0.1, 0.15) is 0 Å². The summed E-state index contributed by atoms with van der Waals surface area (Å²) in [6, 6.07) is 9.67. The summed E-state index contributed by atoms with van der Waals surface area (Å²) >= 11 is 0. The van der Waals surface area contributed by atoms with Crippen LogP contribution in [-0.4, -0.2) is 6.04 Å². The van der Waals surface area contributed by atoms with Gasteiger partial charge in [-0.1, -0.05) is 25.5 Å². The molecule has 0 unspecified atom stereocenters. The number of hydrogen-bond acceptors (Lipinski definition) is 1. The summed E-state index contributed by atoms with van der Waals surface area (Å²) in [5.41, 5.74) is 2.77. The van der Waals surface area contributed by atoms with Gasteiger partial charge >= 0.3 is 0 Å². The molecule has 1 N–H and O–H groups in total. The van der Waals surface area contributed by atoms with Crippen LogP contribution in [0.2, 0.25) is 0 Å². The lowest BCUT2D eigenvalue weighted by Crippen LogP contribution is -2.25. The SMILES string of the molecule is CCc1cccc(N[C@@H]2C[C@H]3CC[C@@H]2C3)c1. The minimum Gasteiger partial charge on any atom is -0.382 e. The number of benzene rings is 1. The number of fused-ring (bicyclic) bond motifs is 2. The zero-order chi connectivity index (χ0) is 11.0. The van der Waals surface area contributed by atoms with Crippen molar-refractivity contribution in [3.8, 4) is 0 Å². The van der Waals surface area contributed by atoms with E-state index in [1.807, 2.05) is 0 Å². The molecule has 0 spiro atoms. The summed E-state index contributed by atoms with van der Waals surface area (Å²) in [5, 5.41) is 3.75. The van der Waals surface area contributed by atoms with Gasteiger partial charge in [-0.3, -0.25) is 0 Å². The molecule has 3 atom stereocenters. The van der Waals surface area contributed by atoms with Gasteiger partial charge in [-0.15, -0.1) is 0 Å². The Labute approximate surface area is 98.3 Å². The average Bonchev–Trinajstić information content (AvgIpc) is 2.91. The largest absolute Gasteiger partial charge is 0.382 e. The molecule has 2 saturated carbocycles. The van der Waals surface area contributed by atoms with Crippen LogP contribution in [0.5, 0.6) is 0 Å². The summed E-state index contributed by atoms with van der Waals surface area (Å²) in [4.78, 5) is 0. The normalized spacial score (nSPS) is 31.9. The van der Waals surface area contributed by atoms with Crippen molar-refractivity contribution in [2.75, 3.05) is 5.32 Å². The Morgan fingerprint density at radius 1 is 1.25 bits per heavy atom. The van der Waals surface area contributed by atoms with Crippen LogP contribution >= 0.6 is 0 Å². The molecule has 0 aliphatic heterocycles. The lowest BCUT2D eigenvalue weighted by molar-refractivity contribution is 0.440. The lowest BCUT2D eigenvalue weighted by atomic mass is 9.95. The van der Waals surface area contributed by atoms with Crippen molar-refractivity contribution in [3.63, 3.8) is 0 Å². The zero-order valence-electron chi connectivity index (χ0n) is 10.1. The molecule has 0 saturated heterocycles. The predicted molar refractivity (Wildman–Crippen MR) is 68.7 cm³/mol. The number of nitrogens with one attached hydrogen (secondary N) is 1. The van der Waals surface area contributed by atoms with Crippen LogP contribution in [0.3, 0.4) is 0 Å². The van der Waals surface area contributed by atoms with Gasteiger partial charge in [0.15, 0.2) is 0 Å². The minimum atomic E-state index is 0.755. The summed E-state index contributed by atoms with van der Waals surface area (Å²) in [6.45, 7) is 2.22. The van der Waals surface area contributed by atoms with Crippen LogP contribution in [0, 0.1) is 11.8 Å². The molecule has 86 valence electrons. The highest BCUT2D eigenvalue weighted by atomic mass is 14.9. The van der Waals surface area contributed by atoms with Crippen molar-refractivity contribution in [1.82, 2.24) is 0 Å². The van der Waals surface area contributed by atoms with Gasteiger partial charge in [-0.2, -0.15) is 0 Å². The summed E-state index contributed by atoms with van der Waals surface area (Å²) in [7, 11) is 0. The van der Waals surface area contributed by atoms with Crippen molar-refractivity contribution < 1.29 is 0 Å². The van der Waals surface area contributed by atoms with Gasteiger partial charge in [0.2, 0.25) is 0 Å². The molecule has 1 nitrogen and oxygen atoms in total. The van der Waals surface area contributed by atoms with E-state index in [-0.39, 0.29) is 0 Å². The topological polar surface area (TPSA) is 12.0 Å². The first kappa shape index (κ1) is 10.2. The highest BCUT2D eigenvalue weighted by Crippen LogP contribution is 2.45. The lowest BCUT2D eigenvalue weighted by Gasteiger charge is -2.24. The maximum absolute atomic E-state index is 3.75. The number of aryl methyl sites for hydroxylation is 1. The first-order valence-corrected chi connectivity index (χ1v) is 6.70. The number of hydrogen-bond donors (Lipinski definition) is 1. The fourth-order valence-electron chi connectivity index (χ4n) is 3.52. The van der Waals surface area contributed by atoms with Gasteiger partial charge in [0, 0.05) is 11.7 Å². The third kappa shape index (κ3) is 1.83. The predicted octanol–water partition coefficient (Wildman–Crippen LogP) is 3.85. The summed E-state index contributed by atoms with van der Waals surface area (Å²) < 4.78 is 0. The van der Waals surface area contributed by atoms with E-state index in [1.54, 1.807) is 0 Å². The average molecular weight is 215 g/mol. The van der Waals surface area contributed by atoms with Crippen molar-refractivity contribution in [3.05, 3.63) is 29.8 Å². The monoisotopic (exact) mass is 215 g/mol. The molecule has 0 aromatic heterocycles. The molecule has 0 heterocycles. The van der Waals surface area contributed by atoms with Crippen molar-refractivity contribution >= 4 is 5.69 Å². The maximum atomic E-state index is 3.75. The molecule has 0 amide bonds. The third-order valence-corrected chi connectivity index (χ3v) is 4.43. The molecule has 16 heavy (non-hydrogen) atoms. The highest BCUT2D eigenvalue weighted by molar-refractivity contribution is 5.47. The summed E-state index contributed by atoms with van der Waals surface area (Å²) in [6.07, 6.45) is 6.95. The van der Waals surface area contributed by atoms with E-state index in [0.29, 0.717) is 0 Å². The van der Waals surface area contributed by atoms with E-state index in [9.17, 15) is 0 Å². The van der Waals surface area contributed by atoms with Crippen LogP contribution in [0.1, 0.15) is 38.2 Å².